The van der Waals surface area contributed by atoms with Gasteiger partial charge in [-0.05, 0) is 31.6 Å². The van der Waals surface area contributed by atoms with E-state index in [4.69, 9.17) is 0 Å². The molecule has 32 heavy (non-hydrogen) atoms. The van der Waals surface area contributed by atoms with E-state index in [1.165, 1.54) is 39.0 Å². The summed E-state index contributed by atoms with van der Waals surface area (Å²) in [5.74, 6) is 0.785. The molecule has 0 aromatic carbocycles. The number of rotatable bonds is 5. The summed E-state index contributed by atoms with van der Waals surface area (Å²) in [6.45, 7) is 4.10. The molecule has 4 aliphatic rings. The molecular formula is C25H41N3O4. The Bertz CT molecular complexity index is 714. The molecule has 1 atom stereocenters. The van der Waals surface area contributed by atoms with E-state index < -0.39 is 5.60 Å². The van der Waals surface area contributed by atoms with Crippen LogP contribution in [0.3, 0.4) is 0 Å². The number of β-amino-alcohol motifs (C(OH)–C–C–N with tert-alkyl or cyclic N) is 1. The molecule has 0 aromatic rings. The molecule has 7 heteroatoms. The quantitative estimate of drug-likeness (QED) is 0.702. The maximum absolute atomic E-state index is 13.1. The van der Waals surface area contributed by atoms with E-state index in [2.05, 4.69) is 0 Å². The van der Waals surface area contributed by atoms with Crippen LogP contribution in [-0.4, -0.2) is 82.4 Å². The first-order valence-electron chi connectivity index (χ1n) is 12.9. The molecule has 4 rings (SSSR count). The second-order valence-corrected chi connectivity index (χ2v) is 10.9. The van der Waals surface area contributed by atoms with Crippen LogP contribution in [-0.2, 0) is 14.4 Å². The molecule has 4 fully saturated rings. The highest BCUT2D eigenvalue weighted by Gasteiger charge is 2.56. The van der Waals surface area contributed by atoms with Gasteiger partial charge in [-0.25, -0.2) is 0 Å². The number of carbonyl (C=O) groups excluding carboxylic acids is 3. The fourth-order valence-electron chi connectivity index (χ4n) is 6.73. The number of hydrogen-bond acceptors (Lipinski definition) is 4. The first-order chi connectivity index (χ1) is 15.3. The number of nitrogens with zero attached hydrogens (tertiary/aromatic N) is 3. The zero-order chi connectivity index (χ0) is 22.8. The highest BCUT2D eigenvalue weighted by atomic mass is 16.3. The summed E-state index contributed by atoms with van der Waals surface area (Å²) in [5, 5.41) is 11.9. The molecular weight excluding hydrogens is 406 g/mol. The van der Waals surface area contributed by atoms with E-state index in [-0.39, 0.29) is 29.7 Å². The van der Waals surface area contributed by atoms with Gasteiger partial charge >= 0.3 is 0 Å². The van der Waals surface area contributed by atoms with Crippen molar-refractivity contribution in [3.63, 3.8) is 0 Å². The maximum Gasteiger partial charge on any atom is 0.242 e. The van der Waals surface area contributed by atoms with Gasteiger partial charge in [0.2, 0.25) is 17.7 Å². The second-order valence-electron chi connectivity index (χ2n) is 10.9. The van der Waals surface area contributed by atoms with E-state index in [0.717, 1.165) is 32.1 Å². The van der Waals surface area contributed by atoms with Crippen LogP contribution in [0.2, 0.25) is 0 Å². The van der Waals surface area contributed by atoms with Crippen molar-refractivity contribution < 1.29 is 19.5 Å². The van der Waals surface area contributed by atoms with Crippen LogP contribution in [0.4, 0.5) is 0 Å². The number of carbonyl (C=O) groups is 3. The lowest BCUT2D eigenvalue weighted by atomic mass is 9.65. The molecule has 3 amide bonds. The summed E-state index contributed by atoms with van der Waals surface area (Å²) in [6.07, 6.45) is 12.6. The maximum atomic E-state index is 13.1. The molecule has 2 saturated carbocycles. The van der Waals surface area contributed by atoms with Crippen molar-refractivity contribution in [1.29, 1.82) is 0 Å². The standard InChI is InChI=1S/C25H41N3O4/c1-20(29)26-15-16-28(23(31)17-26)19-25(32)13-14-27(18-24(25)11-5-6-12-24)22(30)10-9-21-7-3-2-4-8-21/h21,32H,2-19H2,1H3. The number of likely N-dealkylation sites (tertiary alicyclic amines) is 1. The monoisotopic (exact) mass is 447 g/mol. The first kappa shape index (κ1) is 23.5. The molecule has 7 nitrogen and oxygen atoms in total. The third-order valence-corrected chi connectivity index (χ3v) is 8.90. The Hall–Kier alpha value is -1.63. The van der Waals surface area contributed by atoms with Crippen LogP contribution in [0.15, 0.2) is 0 Å². The van der Waals surface area contributed by atoms with Gasteiger partial charge in [0.05, 0.1) is 18.7 Å². The lowest BCUT2D eigenvalue weighted by Crippen LogP contribution is -2.66. The van der Waals surface area contributed by atoms with E-state index in [0.29, 0.717) is 51.5 Å². The fraction of sp³-hybridized carbons (Fsp3) is 0.880. The molecule has 0 bridgehead atoms. The minimum atomic E-state index is -0.961. The van der Waals surface area contributed by atoms with E-state index >= 15 is 0 Å². The highest BCUT2D eigenvalue weighted by molar-refractivity contribution is 5.85. The Morgan fingerprint density at radius 1 is 0.969 bits per heavy atom. The van der Waals surface area contributed by atoms with Gasteiger partial charge < -0.3 is 19.8 Å². The van der Waals surface area contributed by atoms with Gasteiger partial charge in [0.25, 0.3) is 0 Å². The van der Waals surface area contributed by atoms with E-state index in [1.54, 1.807) is 9.80 Å². The lowest BCUT2D eigenvalue weighted by Gasteiger charge is -2.54. The number of piperazine rings is 1. The van der Waals surface area contributed by atoms with Crippen molar-refractivity contribution in [3.05, 3.63) is 0 Å². The Morgan fingerprint density at radius 3 is 2.34 bits per heavy atom. The zero-order valence-corrected chi connectivity index (χ0v) is 19.8. The molecule has 2 aliphatic heterocycles. The molecule has 1 N–H and O–H groups in total. The van der Waals surface area contributed by atoms with Crippen molar-refractivity contribution in [2.45, 2.75) is 89.6 Å². The average molecular weight is 448 g/mol. The SMILES string of the molecule is CC(=O)N1CCN(CC2(O)CCN(C(=O)CCC3CCCCC3)CC23CCCC3)C(=O)C1. The van der Waals surface area contributed by atoms with Crippen LogP contribution in [0, 0.1) is 11.3 Å². The Balaban J connectivity index is 1.38. The van der Waals surface area contributed by atoms with Gasteiger partial charge in [-0.3, -0.25) is 14.4 Å². The van der Waals surface area contributed by atoms with Crippen LogP contribution < -0.4 is 0 Å². The van der Waals surface area contributed by atoms with E-state index in [1.807, 2.05) is 4.90 Å². The van der Waals surface area contributed by atoms with Gasteiger partial charge in [0.15, 0.2) is 0 Å². The molecule has 2 saturated heterocycles. The van der Waals surface area contributed by atoms with Crippen molar-refractivity contribution in [3.8, 4) is 0 Å². The number of piperidine rings is 1. The first-order valence-corrected chi connectivity index (χ1v) is 12.9. The Labute approximate surface area is 192 Å². The Morgan fingerprint density at radius 2 is 1.69 bits per heavy atom. The zero-order valence-electron chi connectivity index (χ0n) is 19.8. The van der Waals surface area contributed by atoms with E-state index in [9.17, 15) is 19.5 Å². The van der Waals surface area contributed by atoms with Crippen molar-refractivity contribution >= 4 is 17.7 Å². The lowest BCUT2D eigenvalue weighted by molar-refractivity contribution is -0.170. The third-order valence-electron chi connectivity index (χ3n) is 8.90. The molecule has 0 radical (unpaired) electrons. The highest BCUT2D eigenvalue weighted by Crippen LogP contribution is 2.51. The summed E-state index contributed by atoms with van der Waals surface area (Å²) in [7, 11) is 0. The predicted octanol–water partition coefficient (Wildman–Crippen LogP) is 2.56. The predicted molar refractivity (Wildman–Crippen MR) is 122 cm³/mol. The van der Waals surface area contributed by atoms with Crippen LogP contribution in [0.1, 0.15) is 84.0 Å². The smallest absolute Gasteiger partial charge is 0.242 e. The normalized spacial score (nSPS) is 29.1. The second kappa shape index (κ2) is 9.70. The van der Waals surface area contributed by atoms with Gasteiger partial charge in [0, 0.05) is 44.9 Å². The van der Waals surface area contributed by atoms with Crippen molar-refractivity contribution in [2.75, 3.05) is 39.3 Å². The molecule has 1 unspecified atom stereocenters. The molecule has 0 aromatic heterocycles. The summed E-state index contributed by atoms with van der Waals surface area (Å²) in [6, 6.07) is 0. The van der Waals surface area contributed by atoms with Gasteiger partial charge in [-0.1, -0.05) is 44.9 Å². The summed E-state index contributed by atoms with van der Waals surface area (Å²) in [5.41, 5.74) is -1.28. The molecule has 2 aliphatic carbocycles. The molecule has 2 heterocycles. The van der Waals surface area contributed by atoms with Crippen LogP contribution >= 0.6 is 0 Å². The number of aliphatic hydroxyl groups is 1. The topological polar surface area (TPSA) is 81.2 Å². The number of hydrogen-bond donors (Lipinski definition) is 1. The van der Waals surface area contributed by atoms with Crippen molar-refractivity contribution in [1.82, 2.24) is 14.7 Å². The van der Waals surface area contributed by atoms with Crippen molar-refractivity contribution in [2.24, 2.45) is 11.3 Å². The molecule has 180 valence electrons. The Kier molecular flexibility index (Phi) is 7.13. The summed E-state index contributed by atoms with van der Waals surface area (Å²) < 4.78 is 0. The van der Waals surface area contributed by atoms with Gasteiger partial charge in [-0.15, -0.1) is 0 Å². The minimum absolute atomic E-state index is 0.0796. The molecule has 1 spiro atoms. The van der Waals surface area contributed by atoms with Crippen LogP contribution in [0.25, 0.3) is 0 Å². The fourth-order valence-corrected chi connectivity index (χ4v) is 6.73. The largest absolute Gasteiger partial charge is 0.387 e. The number of amides is 3. The van der Waals surface area contributed by atoms with Crippen LogP contribution in [0.5, 0.6) is 0 Å². The third kappa shape index (κ3) is 4.82. The van der Waals surface area contributed by atoms with Gasteiger partial charge in [0.1, 0.15) is 0 Å². The van der Waals surface area contributed by atoms with Gasteiger partial charge in [-0.2, -0.15) is 0 Å². The average Bonchev–Trinajstić information content (AvgIpc) is 3.26. The summed E-state index contributed by atoms with van der Waals surface area (Å²) >= 11 is 0. The minimum Gasteiger partial charge on any atom is -0.387 e. The summed E-state index contributed by atoms with van der Waals surface area (Å²) in [4.78, 5) is 42.7.